The lowest BCUT2D eigenvalue weighted by Crippen LogP contribution is -2.30. The first-order chi connectivity index (χ1) is 9.39. The van der Waals surface area contributed by atoms with E-state index in [0.717, 1.165) is 18.4 Å². The van der Waals surface area contributed by atoms with E-state index in [1.807, 2.05) is 6.92 Å². The largest absolute Gasteiger partial charge is 0.379 e. The first-order valence-corrected chi connectivity index (χ1v) is 7.41. The van der Waals surface area contributed by atoms with Crippen molar-refractivity contribution in [2.24, 2.45) is 5.73 Å². The zero-order chi connectivity index (χ0) is 15.2. The lowest BCUT2D eigenvalue weighted by Gasteiger charge is -2.26. The Morgan fingerprint density at radius 2 is 1.80 bits per heavy atom. The SMILES string of the molecule is CCc1ccc(C(N)C(C)OCCC(C)(C)OC)cc1. The van der Waals surface area contributed by atoms with Gasteiger partial charge in [0.1, 0.15) is 0 Å². The van der Waals surface area contributed by atoms with Crippen LogP contribution in [0.2, 0.25) is 0 Å². The molecule has 2 atom stereocenters. The molecule has 0 aliphatic carbocycles. The maximum absolute atomic E-state index is 6.26. The minimum Gasteiger partial charge on any atom is -0.379 e. The second kappa shape index (κ2) is 7.77. The molecule has 1 aromatic carbocycles. The number of aryl methyl sites for hydroxylation is 1. The van der Waals surface area contributed by atoms with Crippen molar-refractivity contribution in [3.63, 3.8) is 0 Å². The van der Waals surface area contributed by atoms with Crippen LogP contribution in [-0.2, 0) is 15.9 Å². The molecule has 0 heterocycles. The van der Waals surface area contributed by atoms with Gasteiger partial charge in [-0.15, -0.1) is 0 Å². The zero-order valence-corrected chi connectivity index (χ0v) is 13.5. The van der Waals surface area contributed by atoms with Gasteiger partial charge >= 0.3 is 0 Å². The second-order valence-electron chi connectivity index (χ2n) is 5.91. The number of nitrogens with two attached hydrogens (primary N) is 1. The van der Waals surface area contributed by atoms with E-state index >= 15 is 0 Å². The highest BCUT2D eigenvalue weighted by Gasteiger charge is 2.19. The molecule has 0 aliphatic rings. The fraction of sp³-hybridized carbons (Fsp3) is 0.647. The summed E-state index contributed by atoms with van der Waals surface area (Å²) in [4.78, 5) is 0. The molecule has 2 N–H and O–H groups in total. The second-order valence-corrected chi connectivity index (χ2v) is 5.91. The number of ether oxygens (including phenoxy) is 2. The summed E-state index contributed by atoms with van der Waals surface area (Å²) < 4.78 is 11.2. The summed E-state index contributed by atoms with van der Waals surface area (Å²) in [5, 5.41) is 0. The summed E-state index contributed by atoms with van der Waals surface area (Å²) in [6, 6.07) is 8.38. The van der Waals surface area contributed by atoms with E-state index in [-0.39, 0.29) is 17.7 Å². The Bertz CT molecular complexity index is 386. The zero-order valence-electron chi connectivity index (χ0n) is 13.5. The van der Waals surface area contributed by atoms with Gasteiger partial charge in [-0.3, -0.25) is 0 Å². The van der Waals surface area contributed by atoms with Crippen LogP contribution >= 0.6 is 0 Å². The normalized spacial score (nSPS) is 15.1. The summed E-state index contributed by atoms with van der Waals surface area (Å²) in [5.74, 6) is 0. The van der Waals surface area contributed by atoms with Crippen molar-refractivity contribution in [2.75, 3.05) is 13.7 Å². The Labute approximate surface area is 123 Å². The maximum atomic E-state index is 6.26. The van der Waals surface area contributed by atoms with Crippen molar-refractivity contribution in [3.05, 3.63) is 35.4 Å². The molecule has 0 aromatic heterocycles. The van der Waals surface area contributed by atoms with E-state index in [0.29, 0.717) is 6.61 Å². The highest BCUT2D eigenvalue weighted by molar-refractivity contribution is 5.25. The Balaban J connectivity index is 2.47. The molecule has 20 heavy (non-hydrogen) atoms. The number of rotatable bonds is 8. The van der Waals surface area contributed by atoms with Crippen LogP contribution in [0.1, 0.15) is 51.3 Å². The summed E-state index contributed by atoms with van der Waals surface area (Å²) in [7, 11) is 1.73. The molecule has 1 aromatic rings. The molecule has 3 nitrogen and oxygen atoms in total. The van der Waals surface area contributed by atoms with Gasteiger partial charge in [-0.25, -0.2) is 0 Å². The first kappa shape index (κ1) is 17.2. The average molecular weight is 279 g/mol. The van der Waals surface area contributed by atoms with Gasteiger partial charge in [0.15, 0.2) is 0 Å². The first-order valence-electron chi connectivity index (χ1n) is 7.41. The van der Waals surface area contributed by atoms with Crippen molar-refractivity contribution in [3.8, 4) is 0 Å². The van der Waals surface area contributed by atoms with Crippen LogP contribution in [0.25, 0.3) is 0 Å². The smallest absolute Gasteiger partial charge is 0.0739 e. The predicted molar refractivity (Wildman–Crippen MR) is 83.9 cm³/mol. The van der Waals surface area contributed by atoms with Crippen LogP contribution in [0.5, 0.6) is 0 Å². The monoisotopic (exact) mass is 279 g/mol. The van der Waals surface area contributed by atoms with E-state index < -0.39 is 0 Å². The molecule has 0 spiro atoms. The lowest BCUT2D eigenvalue weighted by atomic mass is 10.0. The third-order valence-electron chi connectivity index (χ3n) is 3.92. The van der Waals surface area contributed by atoms with Crippen LogP contribution in [0.15, 0.2) is 24.3 Å². The minimum absolute atomic E-state index is 0.00451. The molecular weight excluding hydrogens is 250 g/mol. The molecule has 0 radical (unpaired) electrons. The van der Waals surface area contributed by atoms with Gasteiger partial charge in [-0.2, -0.15) is 0 Å². The van der Waals surface area contributed by atoms with Crippen molar-refractivity contribution >= 4 is 0 Å². The van der Waals surface area contributed by atoms with E-state index in [2.05, 4.69) is 45.0 Å². The molecule has 0 bridgehead atoms. The van der Waals surface area contributed by atoms with E-state index in [9.17, 15) is 0 Å². The third kappa shape index (κ3) is 5.23. The Kier molecular flexibility index (Phi) is 6.66. The number of hydrogen-bond acceptors (Lipinski definition) is 3. The van der Waals surface area contributed by atoms with Gasteiger partial charge in [0, 0.05) is 13.7 Å². The van der Waals surface area contributed by atoms with Gasteiger partial charge in [0.05, 0.1) is 17.7 Å². The van der Waals surface area contributed by atoms with Crippen LogP contribution in [0, 0.1) is 0 Å². The number of benzene rings is 1. The molecule has 0 saturated carbocycles. The number of methoxy groups -OCH3 is 1. The molecule has 2 unspecified atom stereocenters. The van der Waals surface area contributed by atoms with Gasteiger partial charge in [0.2, 0.25) is 0 Å². The van der Waals surface area contributed by atoms with Crippen molar-refractivity contribution in [1.82, 2.24) is 0 Å². The summed E-state index contributed by atoms with van der Waals surface area (Å²) in [5.41, 5.74) is 8.57. The summed E-state index contributed by atoms with van der Waals surface area (Å²) in [6.45, 7) is 8.95. The molecule has 0 fully saturated rings. The molecule has 3 heteroatoms. The molecule has 1 rings (SSSR count). The minimum atomic E-state index is -0.146. The van der Waals surface area contributed by atoms with E-state index in [1.54, 1.807) is 7.11 Å². The topological polar surface area (TPSA) is 44.5 Å². The van der Waals surface area contributed by atoms with Gasteiger partial charge in [-0.05, 0) is 44.7 Å². The third-order valence-corrected chi connectivity index (χ3v) is 3.92. The Hall–Kier alpha value is -0.900. The van der Waals surface area contributed by atoms with E-state index in [1.165, 1.54) is 5.56 Å². The van der Waals surface area contributed by atoms with Gasteiger partial charge < -0.3 is 15.2 Å². The highest BCUT2D eigenvalue weighted by atomic mass is 16.5. The fourth-order valence-electron chi connectivity index (χ4n) is 1.94. The Morgan fingerprint density at radius 1 is 1.20 bits per heavy atom. The quantitative estimate of drug-likeness (QED) is 0.792. The van der Waals surface area contributed by atoms with E-state index in [4.69, 9.17) is 15.2 Å². The molecule has 114 valence electrons. The predicted octanol–water partition coefficient (Wildman–Crippen LogP) is 3.47. The molecule has 0 aliphatic heterocycles. The lowest BCUT2D eigenvalue weighted by molar-refractivity contribution is -0.0279. The number of hydrogen-bond donors (Lipinski definition) is 1. The summed E-state index contributed by atoms with van der Waals surface area (Å²) >= 11 is 0. The average Bonchev–Trinajstić information content (AvgIpc) is 2.46. The van der Waals surface area contributed by atoms with Crippen LogP contribution in [0.4, 0.5) is 0 Å². The van der Waals surface area contributed by atoms with Crippen LogP contribution in [0.3, 0.4) is 0 Å². The summed E-state index contributed by atoms with van der Waals surface area (Å²) in [6.07, 6.45) is 1.90. The molecular formula is C17H29NO2. The van der Waals surface area contributed by atoms with Crippen LogP contribution in [-0.4, -0.2) is 25.4 Å². The van der Waals surface area contributed by atoms with Crippen molar-refractivity contribution < 1.29 is 9.47 Å². The molecule has 0 amide bonds. The van der Waals surface area contributed by atoms with Crippen molar-refractivity contribution in [2.45, 2.75) is 58.3 Å². The fourth-order valence-corrected chi connectivity index (χ4v) is 1.94. The van der Waals surface area contributed by atoms with Gasteiger partial charge in [0.25, 0.3) is 0 Å². The standard InChI is InChI=1S/C17H29NO2/c1-6-14-7-9-15(10-8-14)16(18)13(2)20-12-11-17(3,4)19-5/h7-10,13,16H,6,11-12,18H2,1-5H3. The highest BCUT2D eigenvalue weighted by Crippen LogP contribution is 2.19. The van der Waals surface area contributed by atoms with Crippen LogP contribution < -0.4 is 5.73 Å². The Morgan fingerprint density at radius 3 is 2.30 bits per heavy atom. The van der Waals surface area contributed by atoms with Crippen molar-refractivity contribution in [1.29, 1.82) is 0 Å². The maximum Gasteiger partial charge on any atom is 0.0739 e. The molecule has 0 saturated heterocycles. The van der Waals surface area contributed by atoms with Gasteiger partial charge in [-0.1, -0.05) is 31.2 Å².